The molecule has 10 heteroatoms. The Morgan fingerprint density at radius 3 is 2.19 bits per heavy atom. The van der Waals surface area contributed by atoms with Crippen molar-refractivity contribution in [1.82, 2.24) is 21.5 Å². The summed E-state index contributed by atoms with van der Waals surface area (Å²) in [6.07, 6.45) is 0.191. The maximum atomic E-state index is 12.9. The van der Waals surface area contributed by atoms with E-state index in [0.29, 0.717) is 24.9 Å². The molecule has 0 spiro atoms. The molecular formula is C27H40ClN5O4. The van der Waals surface area contributed by atoms with E-state index in [0.717, 1.165) is 17.5 Å². The van der Waals surface area contributed by atoms with E-state index in [2.05, 4.69) is 21.5 Å². The first-order valence-electron chi connectivity index (χ1n) is 12.4. The van der Waals surface area contributed by atoms with Crippen molar-refractivity contribution < 1.29 is 19.5 Å². The van der Waals surface area contributed by atoms with Crippen LogP contribution in [-0.2, 0) is 22.6 Å². The maximum absolute atomic E-state index is 12.9. The predicted octanol–water partition coefficient (Wildman–Crippen LogP) is 1.83. The first-order valence-corrected chi connectivity index (χ1v) is 12.4. The number of aliphatic hydroxyl groups excluding tert-OH is 1. The minimum absolute atomic E-state index is 0. The Kier molecular flexibility index (Phi) is 14.5. The Balaban J connectivity index is 0.00000684. The molecule has 2 aromatic rings. The first kappa shape index (κ1) is 32.0. The zero-order chi connectivity index (χ0) is 26.5. The fourth-order valence-corrected chi connectivity index (χ4v) is 3.58. The van der Waals surface area contributed by atoms with Crippen LogP contribution in [0.5, 0.6) is 0 Å². The number of hydrogen-bond acceptors (Lipinski definition) is 6. The third-order valence-electron chi connectivity index (χ3n) is 5.59. The Morgan fingerprint density at radius 2 is 1.59 bits per heavy atom. The largest absolute Gasteiger partial charge is 0.382 e. The molecule has 204 valence electrons. The van der Waals surface area contributed by atoms with Crippen LogP contribution in [-0.4, -0.2) is 47.6 Å². The minimum atomic E-state index is -1.45. The van der Waals surface area contributed by atoms with Crippen LogP contribution in [0.15, 0.2) is 54.6 Å². The summed E-state index contributed by atoms with van der Waals surface area (Å²) >= 11 is 0. The number of rotatable bonds is 14. The molecule has 0 fully saturated rings. The van der Waals surface area contributed by atoms with Gasteiger partial charge in [-0.15, -0.1) is 12.4 Å². The van der Waals surface area contributed by atoms with Crippen LogP contribution < -0.4 is 27.2 Å². The molecule has 0 heterocycles. The summed E-state index contributed by atoms with van der Waals surface area (Å²) < 4.78 is 0. The van der Waals surface area contributed by atoms with Crippen LogP contribution in [0.2, 0.25) is 0 Å². The molecule has 9 nitrogen and oxygen atoms in total. The number of halogens is 1. The van der Waals surface area contributed by atoms with Crippen molar-refractivity contribution in [2.24, 2.45) is 11.7 Å². The molecule has 3 amide bonds. The van der Waals surface area contributed by atoms with Crippen molar-refractivity contribution in [2.45, 2.75) is 64.8 Å². The van der Waals surface area contributed by atoms with Crippen molar-refractivity contribution in [3.8, 4) is 0 Å². The molecule has 0 aromatic heterocycles. The standard InChI is InChI=1S/C27H39N5O4.ClH/c1-4-14-30-32-25(34)21-12-10-20(11-13-21)17-29-26(35)23(15-18(2)3)31-27(36)24(33)22(28)16-19-8-6-5-7-9-19;/h5-13,18,22-24,30,33H,4,14-17,28H2,1-3H3,(H,29,35)(H,31,36)(H,32,34);1H/t22-,23-,24+;/m0./s1. The number of hydrogen-bond donors (Lipinski definition) is 6. The zero-order valence-electron chi connectivity index (χ0n) is 21.7. The monoisotopic (exact) mass is 533 g/mol. The number of nitrogens with one attached hydrogen (secondary N) is 4. The fourth-order valence-electron chi connectivity index (χ4n) is 3.58. The topological polar surface area (TPSA) is 146 Å². The lowest BCUT2D eigenvalue weighted by Crippen LogP contribution is -2.54. The molecule has 0 aliphatic rings. The summed E-state index contributed by atoms with van der Waals surface area (Å²) in [5, 5.41) is 15.9. The molecule has 0 aliphatic heterocycles. The van der Waals surface area contributed by atoms with Gasteiger partial charge in [-0.2, -0.15) is 0 Å². The highest BCUT2D eigenvalue weighted by molar-refractivity contribution is 5.94. The second-order valence-electron chi connectivity index (χ2n) is 9.28. The SMILES string of the molecule is CCCNNC(=O)c1ccc(CNC(=O)[C@H](CC(C)C)NC(=O)[C@H](O)[C@@H](N)Cc2ccccc2)cc1.Cl. The summed E-state index contributed by atoms with van der Waals surface area (Å²) in [6.45, 7) is 6.81. The molecule has 0 aliphatic carbocycles. The third-order valence-corrected chi connectivity index (χ3v) is 5.59. The Labute approximate surface area is 225 Å². The van der Waals surface area contributed by atoms with Crippen LogP contribution in [0.3, 0.4) is 0 Å². The van der Waals surface area contributed by atoms with Gasteiger partial charge in [0, 0.05) is 24.7 Å². The fraction of sp³-hybridized carbons (Fsp3) is 0.444. The molecule has 37 heavy (non-hydrogen) atoms. The van der Waals surface area contributed by atoms with E-state index in [-0.39, 0.29) is 36.7 Å². The summed E-state index contributed by atoms with van der Waals surface area (Å²) in [6, 6.07) is 14.6. The van der Waals surface area contributed by atoms with Crippen LogP contribution in [0.25, 0.3) is 0 Å². The van der Waals surface area contributed by atoms with Gasteiger partial charge in [0.15, 0.2) is 0 Å². The van der Waals surface area contributed by atoms with E-state index in [1.165, 1.54) is 0 Å². The molecule has 2 aromatic carbocycles. The van der Waals surface area contributed by atoms with Crippen LogP contribution in [0, 0.1) is 5.92 Å². The van der Waals surface area contributed by atoms with E-state index < -0.39 is 24.1 Å². The van der Waals surface area contributed by atoms with E-state index in [1.54, 1.807) is 24.3 Å². The van der Waals surface area contributed by atoms with Crippen LogP contribution >= 0.6 is 12.4 Å². The summed E-state index contributed by atoms with van der Waals surface area (Å²) in [5.74, 6) is -1.13. The van der Waals surface area contributed by atoms with Gasteiger partial charge in [0.25, 0.3) is 11.8 Å². The van der Waals surface area contributed by atoms with Gasteiger partial charge in [-0.3, -0.25) is 19.8 Å². The molecule has 0 radical (unpaired) electrons. The van der Waals surface area contributed by atoms with Gasteiger partial charge in [0.1, 0.15) is 12.1 Å². The third kappa shape index (κ3) is 11.3. The lowest BCUT2D eigenvalue weighted by molar-refractivity contribution is -0.135. The first-order chi connectivity index (χ1) is 17.2. The molecule has 0 saturated carbocycles. The van der Waals surface area contributed by atoms with Gasteiger partial charge in [0.2, 0.25) is 5.91 Å². The van der Waals surface area contributed by atoms with E-state index >= 15 is 0 Å². The molecule has 7 N–H and O–H groups in total. The van der Waals surface area contributed by atoms with Crippen LogP contribution in [0.1, 0.15) is 55.1 Å². The lowest BCUT2D eigenvalue weighted by Gasteiger charge is -2.24. The van der Waals surface area contributed by atoms with Crippen molar-refractivity contribution in [3.63, 3.8) is 0 Å². The van der Waals surface area contributed by atoms with Crippen molar-refractivity contribution in [1.29, 1.82) is 0 Å². The second kappa shape index (κ2) is 16.7. The number of carbonyl (C=O) groups is 3. The molecule has 0 saturated heterocycles. The average molecular weight is 534 g/mol. The zero-order valence-corrected chi connectivity index (χ0v) is 22.5. The highest BCUT2D eigenvalue weighted by Gasteiger charge is 2.28. The Bertz CT molecular complexity index is 973. The maximum Gasteiger partial charge on any atom is 0.265 e. The van der Waals surface area contributed by atoms with Gasteiger partial charge in [-0.25, -0.2) is 5.43 Å². The number of amides is 3. The number of nitrogens with two attached hydrogens (primary N) is 1. The molecule has 0 unspecified atom stereocenters. The molecule has 2 rings (SSSR count). The number of aliphatic hydroxyl groups is 1. The summed E-state index contributed by atoms with van der Waals surface area (Å²) in [5.41, 5.74) is 13.7. The lowest BCUT2D eigenvalue weighted by atomic mass is 9.99. The minimum Gasteiger partial charge on any atom is -0.382 e. The van der Waals surface area contributed by atoms with E-state index in [9.17, 15) is 19.5 Å². The van der Waals surface area contributed by atoms with Gasteiger partial charge in [0.05, 0.1) is 0 Å². The molecular weight excluding hydrogens is 494 g/mol. The van der Waals surface area contributed by atoms with Crippen molar-refractivity contribution in [2.75, 3.05) is 6.54 Å². The van der Waals surface area contributed by atoms with Gasteiger partial charge in [-0.1, -0.05) is 63.2 Å². The Morgan fingerprint density at radius 1 is 0.946 bits per heavy atom. The quantitative estimate of drug-likeness (QED) is 0.161. The second-order valence-corrected chi connectivity index (χ2v) is 9.28. The van der Waals surface area contributed by atoms with Crippen LogP contribution in [0.4, 0.5) is 0 Å². The van der Waals surface area contributed by atoms with Gasteiger partial charge in [-0.05, 0) is 48.4 Å². The predicted molar refractivity (Wildman–Crippen MR) is 147 cm³/mol. The highest BCUT2D eigenvalue weighted by Crippen LogP contribution is 2.09. The van der Waals surface area contributed by atoms with Crippen molar-refractivity contribution >= 4 is 30.1 Å². The summed E-state index contributed by atoms with van der Waals surface area (Å²) in [4.78, 5) is 37.6. The smallest absolute Gasteiger partial charge is 0.265 e. The van der Waals surface area contributed by atoms with Gasteiger partial charge >= 0.3 is 0 Å². The molecule has 3 atom stereocenters. The van der Waals surface area contributed by atoms with Gasteiger partial charge < -0.3 is 21.5 Å². The summed E-state index contributed by atoms with van der Waals surface area (Å²) in [7, 11) is 0. The van der Waals surface area contributed by atoms with E-state index in [4.69, 9.17) is 5.73 Å². The Hall–Kier alpha value is -2.98. The van der Waals surface area contributed by atoms with E-state index in [1.807, 2.05) is 51.1 Å². The highest BCUT2D eigenvalue weighted by atomic mass is 35.5. The number of benzene rings is 2. The number of hydrazine groups is 1. The normalized spacial score (nSPS) is 13.1. The van der Waals surface area contributed by atoms with Crippen molar-refractivity contribution in [3.05, 3.63) is 71.3 Å². The molecule has 0 bridgehead atoms. The average Bonchev–Trinajstić information content (AvgIpc) is 2.87. The number of carbonyl (C=O) groups excluding carboxylic acids is 3.